The van der Waals surface area contributed by atoms with Crippen LogP contribution in [0.2, 0.25) is 0 Å². The maximum absolute atomic E-state index is 10.6. The highest BCUT2D eigenvalue weighted by Gasteiger charge is 2.23. The Hall–Kier alpha value is 0.200. The summed E-state index contributed by atoms with van der Waals surface area (Å²) < 4.78 is 26.6. The van der Waals surface area contributed by atoms with Gasteiger partial charge < -0.3 is 4.74 Å². The van der Waals surface area contributed by atoms with E-state index in [0.29, 0.717) is 12.7 Å². The molecule has 1 fully saturated rings. The molecule has 1 aliphatic rings. The second-order valence-corrected chi connectivity index (χ2v) is 6.16. The molecule has 1 unspecified atom stereocenters. The van der Waals surface area contributed by atoms with Crippen LogP contribution in [0.4, 0.5) is 0 Å². The average molecular weight is 213 g/mol. The molecule has 1 rings (SSSR count). The third-order valence-electron chi connectivity index (χ3n) is 1.62. The molecule has 0 aromatic heterocycles. The Morgan fingerprint density at radius 3 is 2.58 bits per heavy atom. The predicted octanol–water partition coefficient (Wildman–Crippen LogP) is 1.37. The Morgan fingerprint density at radius 1 is 1.58 bits per heavy atom. The first-order chi connectivity index (χ1) is 5.47. The van der Waals surface area contributed by atoms with Gasteiger partial charge in [-0.15, -0.1) is 0 Å². The fourth-order valence-corrected chi connectivity index (χ4v) is 2.34. The van der Waals surface area contributed by atoms with Gasteiger partial charge in [-0.05, 0) is 18.8 Å². The Balaban J connectivity index is 2.14. The molecule has 12 heavy (non-hydrogen) atoms. The summed E-state index contributed by atoms with van der Waals surface area (Å²) in [7, 11) is 1.72. The maximum Gasteiger partial charge on any atom is 0.232 e. The molecule has 0 aromatic rings. The fourth-order valence-electron chi connectivity index (χ4n) is 0.923. The van der Waals surface area contributed by atoms with E-state index in [1.165, 1.54) is 0 Å². The molecule has 0 radical (unpaired) electrons. The van der Waals surface area contributed by atoms with Crippen LogP contribution in [-0.2, 0) is 13.8 Å². The van der Waals surface area contributed by atoms with E-state index in [1.54, 1.807) is 0 Å². The Bertz CT molecular complexity index is 233. The van der Waals surface area contributed by atoms with Gasteiger partial charge in [0.25, 0.3) is 0 Å². The van der Waals surface area contributed by atoms with E-state index in [4.69, 9.17) is 15.4 Å². The molecule has 5 heteroatoms. The normalized spacial score (nSPS) is 20.8. The van der Waals surface area contributed by atoms with Gasteiger partial charge in [0.2, 0.25) is 9.05 Å². The van der Waals surface area contributed by atoms with Crippen LogP contribution in [-0.4, -0.2) is 26.9 Å². The summed E-state index contributed by atoms with van der Waals surface area (Å²) >= 11 is 0. The van der Waals surface area contributed by atoms with E-state index in [1.807, 2.05) is 6.92 Å². The Labute approximate surface area is 77.5 Å². The first-order valence-electron chi connectivity index (χ1n) is 4.01. The van der Waals surface area contributed by atoms with Crippen molar-refractivity contribution in [2.45, 2.75) is 25.9 Å². The van der Waals surface area contributed by atoms with Crippen molar-refractivity contribution in [3.63, 3.8) is 0 Å². The van der Waals surface area contributed by atoms with Gasteiger partial charge in [-0.2, -0.15) is 0 Å². The third-order valence-corrected chi connectivity index (χ3v) is 2.97. The van der Waals surface area contributed by atoms with Crippen LogP contribution >= 0.6 is 10.7 Å². The lowest BCUT2D eigenvalue weighted by Gasteiger charge is -2.08. The highest BCUT2D eigenvalue weighted by molar-refractivity contribution is 8.13. The minimum atomic E-state index is -3.36. The second kappa shape index (κ2) is 3.94. The van der Waals surface area contributed by atoms with Crippen LogP contribution in [0.3, 0.4) is 0 Å². The zero-order valence-corrected chi connectivity index (χ0v) is 8.57. The van der Waals surface area contributed by atoms with Crippen molar-refractivity contribution in [2.75, 3.05) is 12.4 Å². The molecule has 0 bridgehead atoms. The van der Waals surface area contributed by atoms with Crippen molar-refractivity contribution in [3.8, 4) is 0 Å². The lowest BCUT2D eigenvalue weighted by atomic mass is 10.2. The second-order valence-electron chi connectivity index (χ2n) is 3.34. The molecule has 0 aliphatic heterocycles. The monoisotopic (exact) mass is 212 g/mol. The van der Waals surface area contributed by atoms with Crippen LogP contribution in [0.1, 0.15) is 19.8 Å². The van der Waals surface area contributed by atoms with E-state index in [9.17, 15) is 8.42 Å². The van der Waals surface area contributed by atoms with Crippen molar-refractivity contribution in [1.29, 1.82) is 0 Å². The van der Waals surface area contributed by atoms with E-state index < -0.39 is 9.05 Å². The SMILES string of the molecule is CC(COC1CC1)CS(=O)(=O)Cl. The highest BCUT2D eigenvalue weighted by Crippen LogP contribution is 2.24. The molecule has 3 nitrogen and oxygen atoms in total. The number of hydrogen-bond acceptors (Lipinski definition) is 3. The Kier molecular flexibility index (Phi) is 3.37. The first-order valence-corrected chi connectivity index (χ1v) is 6.49. The average Bonchev–Trinajstić information content (AvgIpc) is 2.61. The molecular weight excluding hydrogens is 200 g/mol. The molecule has 0 N–H and O–H groups in total. The van der Waals surface area contributed by atoms with E-state index >= 15 is 0 Å². The van der Waals surface area contributed by atoms with Crippen molar-refractivity contribution in [1.82, 2.24) is 0 Å². The molecule has 1 aliphatic carbocycles. The van der Waals surface area contributed by atoms with E-state index in [-0.39, 0.29) is 11.7 Å². The van der Waals surface area contributed by atoms with E-state index in [0.717, 1.165) is 12.8 Å². The summed E-state index contributed by atoms with van der Waals surface area (Å²) in [6.07, 6.45) is 2.60. The summed E-state index contributed by atoms with van der Waals surface area (Å²) in [6.45, 7) is 2.32. The van der Waals surface area contributed by atoms with Gasteiger partial charge in [0, 0.05) is 10.7 Å². The molecule has 72 valence electrons. The molecule has 1 saturated carbocycles. The van der Waals surface area contributed by atoms with Crippen molar-refractivity contribution in [2.24, 2.45) is 5.92 Å². The molecule has 0 spiro atoms. The zero-order chi connectivity index (χ0) is 9.19. The number of ether oxygens (including phenoxy) is 1. The predicted molar refractivity (Wildman–Crippen MR) is 47.8 cm³/mol. The molecular formula is C7H13ClO3S. The topological polar surface area (TPSA) is 43.4 Å². The summed E-state index contributed by atoms with van der Waals surface area (Å²) in [5.41, 5.74) is 0. The smallest absolute Gasteiger partial charge is 0.232 e. The summed E-state index contributed by atoms with van der Waals surface area (Å²) in [6, 6.07) is 0. The molecule has 0 aromatic carbocycles. The van der Waals surface area contributed by atoms with Gasteiger partial charge in [-0.1, -0.05) is 6.92 Å². The highest BCUT2D eigenvalue weighted by atomic mass is 35.7. The number of hydrogen-bond donors (Lipinski definition) is 0. The lowest BCUT2D eigenvalue weighted by molar-refractivity contribution is 0.0969. The van der Waals surface area contributed by atoms with Crippen LogP contribution < -0.4 is 0 Å². The lowest BCUT2D eigenvalue weighted by Crippen LogP contribution is -2.15. The molecule has 0 heterocycles. The van der Waals surface area contributed by atoms with Gasteiger partial charge in [-0.25, -0.2) is 8.42 Å². The quantitative estimate of drug-likeness (QED) is 0.647. The minimum Gasteiger partial charge on any atom is -0.378 e. The van der Waals surface area contributed by atoms with Gasteiger partial charge in [-0.3, -0.25) is 0 Å². The molecule has 1 atom stereocenters. The summed E-state index contributed by atoms with van der Waals surface area (Å²) in [5.74, 6) is -0.00512. The minimum absolute atomic E-state index is 0.00127. The number of halogens is 1. The Morgan fingerprint density at radius 2 is 2.17 bits per heavy atom. The standard InChI is InChI=1S/C7H13ClO3S/c1-6(5-12(8,9)10)4-11-7-2-3-7/h6-7H,2-5H2,1H3. The van der Waals surface area contributed by atoms with E-state index in [2.05, 4.69) is 0 Å². The van der Waals surface area contributed by atoms with Gasteiger partial charge in [0.05, 0.1) is 18.5 Å². The van der Waals surface area contributed by atoms with Crippen molar-refractivity contribution in [3.05, 3.63) is 0 Å². The number of rotatable bonds is 5. The van der Waals surface area contributed by atoms with Crippen LogP contribution in [0.25, 0.3) is 0 Å². The summed E-state index contributed by atoms with van der Waals surface area (Å²) in [5, 5.41) is 0. The van der Waals surface area contributed by atoms with Crippen LogP contribution in [0.5, 0.6) is 0 Å². The van der Waals surface area contributed by atoms with Gasteiger partial charge in [0.1, 0.15) is 0 Å². The van der Waals surface area contributed by atoms with Gasteiger partial charge >= 0.3 is 0 Å². The summed E-state index contributed by atoms with van der Waals surface area (Å²) in [4.78, 5) is 0. The zero-order valence-electron chi connectivity index (χ0n) is 6.99. The molecule has 0 saturated heterocycles. The van der Waals surface area contributed by atoms with Crippen LogP contribution in [0.15, 0.2) is 0 Å². The first kappa shape index (κ1) is 10.3. The van der Waals surface area contributed by atoms with Gasteiger partial charge in [0.15, 0.2) is 0 Å². The van der Waals surface area contributed by atoms with Crippen molar-refractivity contribution >= 4 is 19.7 Å². The maximum atomic E-state index is 10.6. The third kappa shape index (κ3) is 4.95. The van der Waals surface area contributed by atoms with Crippen LogP contribution in [0, 0.1) is 5.92 Å². The fraction of sp³-hybridized carbons (Fsp3) is 1.00. The largest absolute Gasteiger partial charge is 0.378 e. The molecule has 0 amide bonds. The van der Waals surface area contributed by atoms with Crippen molar-refractivity contribution < 1.29 is 13.2 Å².